The first-order valence-electron chi connectivity index (χ1n) is 5.13. The van der Waals surface area contributed by atoms with E-state index in [1.807, 2.05) is 24.3 Å². The number of hydrogen-bond acceptors (Lipinski definition) is 3. The molecule has 1 fully saturated rings. The molecule has 1 aliphatic rings. The lowest BCUT2D eigenvalue weighted by Crippen LogP contribution is -2.04. The van der Waals surface area contributed by atoms with Gasteiger partial charge in [0, 0.05) is 5.39 Å². The smallest absolute Gasteiger partial charge is 0.204 e. The van der Waals surface area contributed by atoms with Gasteiger partial charge in [-0.2, -0.15) is 0 Å². The summed E-state index contributed by atoms with van der Waals surface area (Å²) < 4.78 is 24.2. The molecule has 0 N–H and O–H groups in total. The maximum absolute atomic E-state index is 13.7. The number of rotatable bonds is 1. The van der Waals surface area contributed by atoms with E-state index in [4.69, 9.17) is 9.47 Å². The monoisotopic (exact) mass is 219 g/mol. The largest absolute Gasteiger partial charge is 0.345 e. The Labute approximate surface area is 91.8 Å². The van der Waals surface area contributed by atoms with Gasteiger partial charge in [-0.15, -0.1) is 0 Å². The van der Waals surface area contributed by atoms with E-state index in [-0.39, 0.29) is 11.5 Å². The average Bonchev–Trinajstić information content (AvgIpc) is 2.81. The van der Waals surface area contributed by atoms with E-state index in [1.54, 1.807) is 0 Å². The van der Waals surface area contributed by atoms with Gasteiger partial charge in [-0.3, -0.25) is 0 Å². The van der Waals surface area contributed by atoms with Crippen LogP contribution in [0.1, 0.15) is 12.0 Å². The van der Waals surface area contributed by atoms with Gasteiger partial charge in [0.1, 0.15) is 5.69 Å². The summed E-state index contributed by atoms with van der Waals surface area (Å²) in [6.45, 7) is 0.969. The molecular weight excluding hydrogens is 209 g/mol. The average molecular weight is 219 g/mol. The number of benzene rings is 1. The number of hydrogen-bond donors (Lipinski definition) is 0. The summed E-state index contributed by atoms with van der Waals surface area (Å²) in [4.78, 5) is 4.23. The fourth-order valence-corrected chi connectivity index (χ4v) is 1.79. The van der Waals surface area contributed by atoms with Crippen molar-refractivity contribution in [2.24, 2.45) is 0 Å². The van der Waals surface area contributed by atoms with Gasteiger partial charge in [0.2, 0.25) is 6.29 Å². The molecule has 0 radical (unpaired) electrons. The van der Waals surface area contributed by atoms with Crippen LogP contribution in [0.5, 0.6) is 0 Å². The minimum atomic E-state index is -0.662. The molecule has 1 aromatic carbocycles. The predicted octanol–water partition coefficient (Wildman–Crippen LogP) is 2.42. The van der Waals surface area contributed by atoms with Crippen molar-refractivity contribution < 1.29 is 13.9 Å². The molecule has 3 nitrogen and oxygen atoms in total. The van der Waals surface area contributed by atoms with Gasteiger partial charge in [-0.05, 0) is 12.1 Å². The highest BCUT2D eigenvalue weighted by molar-refractivity contribution is 5.78. The molecule has 0 unspecified atom stereocenters. The molecule has 1 aromatic heterocycles. The van der Waals surface area contributed by atoms with Gasteiger partial charge in [-0.1, -0.05) is 18.2 Å². The van der Waals surface area contributed by atoms with Crippen LogP contribution in [0.25, 0.3) is 10.9 Å². The fourth-order valence-electron chi connectivity index (χ4n) is 1.79. The SMILES string of the molecule is Fc1cc2ccccc2nc1C1OCCO1. The molecule has 4 heteroatoms. The lowest BCUT2D eigenvalue weighted by Gasteiger charge is -2.10. The van der Waals surface area contributed by atoms with Crippen LogP contribution >= 0.6 is 0 Å². The van der Waals surface area contributed by atoms with Crippen molar-refractivity contribution in [1.29, 1.82) is 0 Å². The van der Waals surface area contributed by atoms with Crippen LogP contribution in [-0.2, 0) is 9.47 Å². The number of para-hydroxylation sites is 1. The van der Waals surface area contributed by atoms with Crippen molar-refractivity contribution in [3.05, 3.63) is 41.8 Å². The molecule has 3 rings (SSSR count). The third-order valence-corrected chi connectivity index (χ3v) is 2.55. The Morgan fingerprint density at radius 3 is 2.75 bits per heavy atom. The van der Waals surface area contributed by atoms with E-state index in [1.165, 1.54) is 6.07 Å². The number of ether oxygens (including phenoxy) is 2. The van der Waals surface area contributed by atoms with E-state index in [0.717, 1.165) is 10.9 Å². The summed E-state index contributed by atoms with van der Waals surface area (Å²) in [5.74, 6) is -0.384. The first kappa shape index (κ1) is 9.69. The Kier molecular flexibility index (Phi) is 2.31. The van der Waals surface area contributed by atoms with Crippen molar-refractivity contribution >= 4 is 10.9 Å². The zero-order chi connectivity index (χ0) is 11.0. The van der Waals surface area contributed by atoms with Crippen LogP contribution in [0, 0.1) is 5.82 Å². The van der Waals surface area contributed by atoms with Gasteiger partial charge in [0.15, 0.2) is 5.82 Å². The quantitative estimate of drug-likeness (QED) is 0.738. The highest BCUT2D eigenvalue weighted by Gasteiger charge is 2.23. The predicted molar refractivity (Wildman–Crippen MR) is 56.3 cm³/mol. The van der Waals surface area contributed by atoms with Crippen LogP contribution in [0.4, 0.5) is 4.39 Å². The molecule has 1 aliphatic heterocycles. The lowest BCUT2D eigenvalue weighted by molar-refractivity contribution is -0.0495. The molecule has 16 heavy (non-hydrogen) atoms. The van der Waals surface area contributed by atoms with Gasteiger partial charge >= 0.3 is 0 Å². The number of pyridine rings is 1. The van der Waals surface area contributed by atoms with Crippen LogP contribution < -0.4 is 0 Å². The lowest BCUT2D eigenvalue weighted by atomic mass is 10.2. The standard InChI is InChI=1S/C12H10FNO2/c13-9-7-8-3-1-2-4-10(8)14-11(9)12-15-5-6-16-12/h1-4,7,12H,5-6H2. The van der Waals surface area contributed by atoms with E-state index in [9.17, 15) is 4.39 Å². The molecule has 1 saturated heterocycles. The second-order valence-electron chi connectivity index (χ2n) is 3.62. The molecular formula is C12H10FNO2. The second-order valence-corrected chi connectivity index (χ2v) is 3.62. The molecule has 2 heterocycles. The number of halogens is 1. The topological polar surface area (TPSA) is 31.4 Å². The summed E-state index contributed by atoms with van der Waals surface area (Å²) in [7, 11) is 0. The van der Waals surface area contributed by atoms with Gasteiger partial charge in [-0.25, -0.2) is 9.37 Å². The zero-order valence-electron chi connectivity index (χ0n) is 8.52. The minimum absolute atomic E-state index is 0.233. The Morgan fingerprint density at radius 2 is 1.94 bits per heavy atom. The van der Waals surface area contributed by atoms with E-state index in [2.05, 4.69) is 4.98 Å². The highest BCUT2D eigenvalue weighted by atomic mass is 19.1. The van der Waals surface area contributed by atoms with Gasteiger partial charge < -0.3 is 9.47 Å². The highest BCUT2D eigenvalue weighted by Crippen LogP contribution is 2.26. The third kappa shape index (κ3) is 1.56. The maximum atomic E-state index is 13.7. The van der Waals surface area contributed by atoms with Crippen LogP contribution in [-0.4, -0.2) is 18.2 Å². The fraction of sp³-hybridized carbons (Fsp3) is 0.250. The van der Waals surface area contributed by atoms with Crippen molar-refractivity contribution in [3.8, 4) is 0 Å². The summed E-state index contributed by atoms with van der Waals surface area (Å²) >= 11 is 0. The van der Waals surface area contributed by atoms with Crippen molar-refractivity contribution in [1.82, 2.24) is 4.98 Å². The Bertz CT molecular complexity index is 523. The van der Waals surface area contributed by atoms with Crippen LogP contribution in [0.3, 0.4) is 0 Å². The van der Waals surface area contributed by atoms with E-state index < -0.39 is 6.29 Å². The second kappa shape index (κ2) is 3.81. The summed E-state index contributed by atoms with van der Waals surface area (Å²) in [6, 6.07) is 8.85. The maximum Gasteiger partial charge on any atom is 0.204 e. The normalized spacial score (nSPS) is 17.1. The third-order valence-electron chi connectivity index (χ3n) is 2.55. The minimum Gasteiger partial charge on any atom is -0.345 e. The molecule has 0 bridgehead atoms. The van der Waals surface area contributed by atoms with Gasteiger partial charge in [0.05, 0.1) is 18.7 Å². The van der Waals surface area contributed by atoms with Crippen LogP contribution in [0.2, 0.25) is 0 Å². The van der Waals surface area contributed by atoms with E-state index >= 15 is 0 Å². The van der Waals surface area contributed by atoms with Crippen molar-refractivity contribution in [2.75, 3.05) is 13.2 Å². The van der Waals surface area contributed by atoms with Crippen LogP contribution in [0.15, 0.2) is 30.3 Å². The van der Waals surface area contributed by atoms with Gasteiger partial charge in [0.25, 0.3) is 0 Å². The molecule has 0 amide bonds. The summed E-state index contributed by atoms with van der Waals surface area (Å²) in [5, 5.41) is 0.779. The first-order chi connectivity index (χ1) is 7.84. The summed E-state index contributed by atoms with van der Waals surface area (Å²) in [6.07, 6.45) is -0.662. The Balaban J connectivity index is 2.13. The number of nitrogens with zero attached hydrogens (tertiary/aromatic N) is 1. The number of aromatic nitrogens is 1. The Morgan fingerprint density at radius 1 is 1.19 bits per heavy atom. The molecule has 2 aromatic rings. The van der Waals surface area contributed by atoms with Crippen molar-refractivity contribution in [2.45, 2.75) is 6.29 Å². The first-order valence-corrected chi connectivity index (χ1v) is 5.13. The Hall–Kier alpha value is -1.52. The molecule has 0 saturated carbocycles. The zero-order valence-corrected chi connectivity index (χ0v) is 8.52. The molecule has 0 atom stereocenters. The summed E-state index contributed by atoms with van der Waals surface area (Å²) in [5.41, 5.74) is 0.981. The molecule has 82 valence electrons. The molecule has 0 aliphatic carbocycles. The van der Waals surface area contributed by atoms with E-state index in [0.29, 0.717) is 13.2 Å². The number of fused-ring (bicyclic) bond motifs is 1. The van der Waals surface area contributed by atoms with Crippen molar-refractivity contribution in [3.63, 3.8) is 0 Å². The molecule has 0 spiro atoms.